The van der Waals surface area contributed by atoms with Gasteiger partial charge in [-0.05, 0) is 25.5 Å². The molecule has 0 saturated heterocycles. The normalized spacial score (nSPS) is 12.3. The molecule has 0 rings (SSSR count). The number of rotatable bonds is 9. The highest BCUT2D eigenvalue weighted by molar-refractivity contribution is 6.25. The minimum Gasteiger partial charge on any atom is -0.491 e. The highest BCUT2D eigenvalue weighted by Gasteiger charge is 2.14. The minimum atomic E-state index is -0.322. The van der Waals surface area contributed by atoms with E-state index >= 15 is 0 Å². The number of allylic oxidation sites excluding steroid dienone is 3. The summed E-state index contributed by atoms with van der Waals surface area (Å²) in [6.07, 6.45) is 4.87. The van der Waals surface area contributed by atoms with E-state index in [9.17, 15) is 9.59 Å². The molecule has 0 heterocycles. The Balaban J connectivity index is 3.96. The van der Waals surface area contributed by atoms with Crippen molar-refractivity contribution < 1.29 is 14.3 Å². The first-order valence-electron chi connectivity index (χ1n) is 6.30. The topological polar surface area (TPSA) is 67.4 Å². The van der Waals surface area contributed by atoms with E-state index < -0.39 is 0 Å². The number of amides is 2. The van der Waals surface area contributed by atoms with Gasteiger partial charge in [0.1, 0.15) is 0 Å². The second kappa shape index (κ2) is 11.1. The van der Waals surface area contributed by atoms with E-state index in [1.165, 1.54) is 11.8 Å². The Labute approximate surface area is 124 Å². The molecule has 0 aromatic carbocycles. The van der Waals surface area contributed by atoms with Gasteiger partial charge in [-0.15, -0.1) is 0 Å². The third-order valence-electron chi connectivity index (χ3n) is 2.24. The monoisotopic (exact) mass is 300 g/mol. The summed E-state index contributed by atoms with van der Waals surface area (Å²) < 4.78 is 4.97. The van der Waals surface area contributed by atoms with Crippen LogP contribution in [0.1, 0.15) is 20.3 Å². The number of hydrogen-bond acceptors (Lipinski definition) is 3. The Morgan fingerprint density at radius 2 is 2.10 bits per heavy atom. The van der Waals surface area contributed by atoms with Crippen LogP contribution >= 0.6 is 11.6 Å². The Morgan fingerprint density at radius 1 is 1.40 bits per heavy atom. The van der Waals surface area contributed by atoms with Crippen LogP contribution in [0.3, 0.4) is 0 Å². The van der Waals surface area contributed by atoms with Crippen molar-refractivity contribution in [3.63, 3.8) is 0 Å². The Hall–Kier alpha value is -1.75. The van der Waals surface area contributed by atoms with Gasteiger partial charge in [-0.3, -0.25) is 9.59 Å². The van der Waals surface area contributed by atoms with Crippen molar-refractivity contribution >= 4 is 23.4 Å². The van der Waals surface area contributed by atoms with Crippen molar-refractivity contribution in [2.45, 2.75) is 20.3 Å². The number of carbonyl (C=O) groups excluding carboxylic acids is 2. The van der Waals surface area contributed by atoms with E-state index in [1.54, 1.807) is 19.1 Å². The van der Waals surface area contributed by atoms with Crippen LogP contribution < -0.4 is 10.6 Å². The van der Waals surface area contributed by atoms with Crippen LogP contribution in [0.15, 0.2) is 36.2 Å². The fraction of sp³-hybridized carbons (Fsp3) is 0.429. The van der Waals surface area contributed by atoms with Crippen LogP contribution in [-0.2, 0) is 14.3 Å². The molecule has 0 aliphatic rings. The summed E-state index contributed by atoms with van der Waals surface area (Å²) in [6.45, 7) is 7.81. The van der Waals surface area contributed by atoms with Crippen molar-refractivity contribution in [1.82, 2.24) is 10.6 Å². The highest BCUT2D eigenvalue weighted by Crippen LogP contribution is 2.07. The first-order chi connectivity index (χ1) is 9.51. The zero-order chi connectivity index (χ0) is 15.4. The van der Waals surface area contributed by atoms with Gasteiger partial charge in [0, 0.05) is 23.7 Å². The SMILES string of the molecule is C=C(CC(C)C(=O)NCC)NC(=O)CO/C=C/C=C/Cl. The summed E-state index contributed by atoms with van der Waals surface area (Å²) in [6, 6.07) is 0. The quantitative estimate of drug-likeness (QED) is 0.506. The van der Waals surface area contributed by atoms with E-state index in [0.29, 0.717) is 18.7 Å². The van der Waals surface area contributed by atoms with Gasteiger partial charge in [-0.2, -0.15) is 0 Å². The zero-order valence-electron chi connectivity index (χ0n) is 11.8. The molecule has 2 N–H and O–H groups in total. The van der Waals surface area contributed by atoms with E-state index in [1.807, 2.05) is 6.92 Å². The molecule has 0 aromatic heterocycles. The molecule has 6 heteroatoms. The van der Waals surface area contributed by atoms with Gasteiger partial charge in [0.25, 0.3) is 5.91 Å². The molecule has 0 aromatic rings. The predicted octanol–water partition coefficient (Wildman–Crippen LogP) is 2.06. The van der Waals surface area contributed by atoms with E-state index in [4.69, 9.17) is 16.3 Å². The molecular formula is C14H21ClN2O3. The summed E-state index contributed by atoms with van der Waals surface area (Å²) in [5.74, 6) is -0.620. The molecular weight excluding hydrogens is 280 g/mol. The van der Waals surface area contributed by atoms with Crippen molar-refractivity contribution in [2.24, 2.45) is 5.92 Å². The first-order valence-corrected chi connectivity index (χ1v) is 6.73. The molecule has 2 amide bonds. The van der Waals surface area contributed by atoms with Crippen LogP contribution in [0.25, 0.3) is 0 Å². The first kappa shape index (κ1) is 18.2. The summed E-state index contributed by atoms with van der Waals surface area (Å²) in [7, 11) is 0. The standard InChI is InChI=1S/C14H21ClN2O3/c1-4-16-14(19)11(2)9-12(3)17-13(18)10-20-8-6-5-7-15/h5-8,11H,3-4,9-10H2,1-2H3,(H,16,19)(H,17,18)/b7-5+,8-6+. The number of carbonyl (C=O) groups is 2. The summed E-state index contributed by atoms with van der Waals surface area (Å²) in [4.78, 5) is 23.0. The van der Waals surface area contributed by atoms with Crippen molar-refractivity contribution in [2.75, 3.05) is 13.2 Å². The molecule has 0 aliphatic heterocycles. The Morgan fingerprint density at radius 3 is 2.70 bits per heavy atom. The number of hydrogen-bond donors (Lipinski definition) is 2. The van der Waals surface area contributed by atoms with Crippen LogP contribution in [0, 0.1) is 5.92 Å². The van der Waals surface area contributed by atoms with Gasteiger partial charge in [0.05, 0.1) is 6.26 Å². The lowest BCUT2D eigenvalue weighted by molar-refractivity contribution is -0.125. The van der Waals surface area contributed by atoms with Gasteiger partial charge < -0.3 is 15.4 Å². The molecule has 0 spiro atoms. The maximum atomic E-state index is 11.5. The third kappa shape index (κ3) is 9.22. The smallest absolute Gasteiger partial charge is 0.261 e. The maximum absolute atomic E-state index is 11.5. The summed E-state index contributed by atoms with van der Waals surface area (Å²) in [5.41, 5.74) is 1.81. The average Bonchev–Trinajstić information content (AvgIpc) is 2.38. The predicted molar refractivity (Wildman–Crippen MR) is 79.8 cm³/mol. The van der Waals surface area contributed by atoms with Gasteiger partial charge in [0.15, 0.2) is 6.61 Å². The van der Waals surface area contributed by atoms with Crippen LogP contribution in [0.2, 0.25) is 0 Å². The van der Waals surface area contributed by atoms with Crippen molar-refractivity contribution in [3.8, 4) is 0 Å². The van der Waals surface area contributed by atoms with Crippen LogP contribution in [0.4, 0.5) is 0 Å². The van der Waals surface area contributed by atoms with Crippen LogP contribution in [0.5, 0.6) is 0 Å². The van der Waals surface area contributed by atoms with Gasteiger partial charge in [-0.1, -0.05) is 25.1 Å². The molecule has 0 bridgehead atoms. The number of ether oxygens (including phenoxy) is 1. The fourth-order valence-corrected chi connectivity index (χ4v) is 1.45. The van der Waals surface area contributed by atoms with Gasteiger partial charge in [-0.25, -0.2) is 0 Å². The van der Waals surface area contributed by atoms with Crippen molar-refractivity contribution in [3.05, 3.63) is 36.2 Å². The van der Waals surface area contributed by atoms with E-state index in [2.05, 4.69) is 17.2 Å². The average molecular weight is 301 g/mol. The molecule has 1 unspecified atom stereocenters. The summed E-state index contributed by atoms with van der Waals surface area (Å²) >= 11 is 5.30. The van der Waals surface area contributed by atoms with Gasteiger partial charge >= 0.3 is 0 Å². The van der Waals surface area contributed by atoms with Crippen molar-refractivity contribution in [1.29, 1.82) is 0 Å². The molecule has 112 valence electrons. The van der Waals surface area contributed by atoms with Crippen LogP contribution in [-0.4, -0.2) is 25.0 Å². The number of halogens is 1. The number of nitrogens with one attached hydrogen (secondary N) is 2. The highest BCUT2D eigenvalue weighted by atomic mass is 35.5. The second-order valence-corrected chi connectivity index (χ2v) is 4.36. The maximum Gasteiger partial charge on any atom is 0.261 e. The summed E-state index contributed by atoms with van der Waals surface area (Å²) in [5, 5.41) is 5.30. The van der Waals surface area contributed by atoms with Gasteiger partial charge in [0.2, 0.25) is 5.91 Å². The zero-order valence-corrected chi connectivity index (χ0v) is 12.6. The largest absolute Gasteiger partial charge is 0.491 e. The lowest BCUT2D eigenvalue weighted by Gasteiger charge is -2.13. The van der Waals surface area contributed by atoms with E-state index in [-0.39, 0.29) is 24.3 Å². The molecule has 20 heavy (non-hydrogen) atoms. The second-order valence-electron chi connectivity index (χ2n) is 4.11. The molecule has 0 aliphatic carbocycles. The molecule has 1 atom stereocenters. The Kier molecular flexibility index (Phi) is 10.1. The molecule has 0 fully saturated rings. The molecule has 5 nitrogen and oxygen atoms in total. The lowest BCUT2D eigenvalue weighted by atomic mass is 10.1. The molecule has 0 radical (unpaired) electrons. The lowest BCUT2D eigenvalue weighted by Crippen LogP contribution is -2.32. The Bertz CT molecular complexity index is 392. The minimum absolute atomic E-state index is 0.0602. The molecule has 0 saturated carbocycles. The van der Waals surface area contributed by atoms with E-state index in [0.717, 1.165) is 0 Å². The third-order valence-corrected chi connectivity index (χ3v) is 2.39. The fourth-order valence-electron chi connectivity index (χ4n) is 1.36.